The number of fused-ring (bicyclic) bond motifs is 3. The Morgan fingerprint density at radius 3 is 2.89 bits per heavy atom. The SMILES string of the molecule is C[C@@H]1C(=O)O[C@@H]2C3[C@H](C=O)CCC[C@]3(C)C[C@H](O)[C@@H]12. The standard InChI is InChI=1S/C15H22O4/c1-8-11-10(17)6-15(2)5-3-4-9(7-16)12(15)13(11)19-14(8)18/h7-13,17H,3-6H2,1-2H3/t8-,9-,10-,11+,12?,13-,15+/m0/s1. The molecule has 2 saturated carbocycles. The minimum atomic E-state index is -0.488. The molecule has 4 heteroatoms. The maximum absolute atomic E-state index is 11.8. The molecular weight excluding hydrogens is 244 g/mol. The molecule has 0 spiro atoms. The van der Waals surface area contributed by atoms with Crippen LogP contribution in [0.15, 0.2) is 0 Å². The van der Waals surface area contributed by atoms with Gasteiger partial charge in [0, 0.05) is 17.8 Å². The van der Waals surface area contributed by atoms with Crippen molar-refractivity contribution in [3.8, 4) is 0 Å². The molecule has 4 nitrogen and oxygen atoms in total. The molecule has 7 atom stereocenters. The summed E-state index contributed by atoms with van der Waals surface area (Å²) in [5, 5.41) is 10.4. The highest BCUT2D eigenvalue weighted by atomic mass is 16.6. The molecule has 3 aliphatic rings. The topological polar surface area (TPSA) is 63.6 Å². The van der Waals surface area contributed by atoms with Crippen LogP contribution in [0.25, 0.3) is 0 Å². The van der Waals surface area contributed by atoms with Gasteiger partial charge in [-0.15, -0.1) is 0 Å². The molecule has 3 rings (SSSR count). The van der Waals surface area contributed by atoms with E-state index >= 15 is 0 Å². The zero-order valence-corrected chi connectivity index (χ0v) is 11.5. The van der Waals surface area contributed by atoms with Crippen LogP contribution in [0.1, 0.15) is 39.5 Å². The lowest BCUT2D eigenvalue weighted by atomic mass is 9.52. The van der Waals surface area contributed by atoms with E-state index in [9.17, 15) is 14.7 Å². The first-order chi connectivity index (χ1) is 8.98. The summed E-state index contributed by atoms with van der Waals surface area (Å²) in [5.74, 6) is -0.545. The second-order valence-electron chi connectivity index (χ2n) is 6.91. The number of rotatable bonds is 1. The summed E-state index contributed by atoms with van der Waals surface area (Å²) in [7, 11) is 0. The van der Waals surface area contributed by atoms with E-state index in [0.717, 1.165) is 25.5 Å². The lowest BCUT2D eigenvalue weighted by Crippen LogP contribution is -2.55. The van der Waals surface area contributed by atoms with Crippen LogP contribution in [-0.4, -0.2) is 29.6 Å². The quantitative estimate of drug-likeness (QED) is 0.578. The molecule has 1 saturated heterocycles. The minimum absolute atomic E-state index is 0.0307. The van der Waals surface area contributed by atoms with Crippen LogP contribution >= 0.6 is 0 Å². The third-order valence-electron chi connectivity index (χ3n) is 5.78. The van der Waals surface area contributed by atoms with Gasteiger partial charge in [-0.2, -0.15) is 0 Å². The van der Waals surface area contributed by atoms with E-state index in [1.807, 2.05) is 6.92 Å². The van der Waals surface area contributed by atoms with Gasteiger partial charge in [0.15, 0.2) is 0 Å². The highest BCUT2D eigenvalue weighted by molar-refractivity contribution is 5.75. The van der Waals surface area contributed by atoms with Crippen molar-refractivity contribution in [2.24, 2.45) is 29.1 Å². The highest BCUT2D eigenvalue weighted by Crippen LogP contribution is 2.57. The molecule has 1 heterocycles. The molecular formula is C15H22O4. The number of aldehydes is 1. The number of esters is 1. The fourth-order valence-corrected chi connectivity index (χ4v) is 4.88. The summed E-state index contributed by atoms with van der Waals surface area (Å²) < 4.78 is 5.56. The van der Waals surface area contributed by atoms with Crippen LogP contribution in [0.3, 0.4) is 0 Å². The first-order valence-electron chi connectivity index (χ1n) is 7.32. The first kappa shape index (κ1) is 13.1. The second-order valence-corrected chi connectivity index (χ2v) is 6.91. The molecule has 19 heavy (non-hydrogen) atoms. The van der Waals surface area contributed by atoms with Gasteiger partial charge in [0.25, 0.3) is 0 Å². The number of carbonyl (C=O) groups excluding carboxylic acids is 2. The number of carbonyl (C=O) groups is 2. The van der Waals surface area contributed by atoms with Gasteiger partial charge in [-0.25, -0.2) is 0 Å². The van der Waals surface area contributed by atoms with E-state index in [1.54, 1.807) is 0 Å². The zero-order chi connectivity index (χ0) is 13.8. The lowest BCUT2D eigenvalue weighted by molar-refractivity contribution is -0.163. The summed E-state index contributed by atoms with van der Waals surface area (Å²) >= 11 is 0. The Morgan fingerprint density at radius 2 is 2.21 bits per heavy atom. The van der Waals surface area contributed by atoms with Crippen molar-refractivity contribution in [2.45, 2.75) is 51.7 Å². The number of hydrogen-bond donors (Lipinski definition) is 1. The fourth-order valence-electron chi connectivity index (χ4n) is 4.88. The molecule has 106 valence electrons. The van der Waals surface area contributed by atoms with Crippen molar-refractivity contribution in [3.63, 3.8) is 0 Å². The monoisotopic (exact) mass is 266 g/mol. The molecule has 1 unspecified atom stereocenters. The number of ether oxygens (including phenoxy) is 1. The second kappa shape index (κ2) is 4.30. The molecule has 1 aliphatic heterocycles. The molecule has 0 aromatic rings. The zero-order valence-electron chi connectivity index (χ0n) is 11.5. The van der Waals surface area contributed by atoms with Gasteiger partial charge in [-0.1, -0.05) is 20.3 Å². The van der Waals surface area contributed by atoms with Crippen LogP contribution in [0.4, 0.5) is 0 Å². The maximum atomic E-state index is 11.8. The summed E-state index contributed by atoms with van der Waals surface area (Å²) in [5.41, 5.74) is -0.0747. The van der Waals surface area contributed by atoms with Crippen molar-refractivity contribution < 1.29 is 19.4 Å². The summed E-state index contributed by atoms with van der Waals surface area (Å²) in [6.07, 6.45) is 3.87. The number of aliphatic hydroxyl groups excluding tert-OH is 1. The average molecular weight is 266 g/mol. The predicted molar refractivity (Wildman–Crippen MR) is 68.2 cm³/mol. The Hall–Kier alpha value is -0.900. The third-order valence-corrected chi connectivity index (χ3v) is 5.78. The van der Waals surface area contributed by atoms with E-state index in [0.29, 0.717) is 6.42 Å². The first-order valence-corrected chi connectivity index (χ1v) is 7.32. The van der Waals surface area contributed by atoms with Crippen molar-refractivity contribution in [1.29, 1.82) is 0 Å². The predicted octanol–water partition coefficient (Wildman–Crippen LogP) is 1.55. The molecule has 2 aliphatic carbocycles. The third kappa shape index (κ3) is 1.76. The van der Waals surface area contributed by atoms with Gasteiger partial charge in [-0.05, 0) is 24.7 Å². The van der Waals surface area contributed by atoms with Crippen LogP contribution in [-0.2, 0) is 14.3 Å². The summed E-state index contributed by atoms with van der Waals surface area (Å²) in [4.78, 5) is 23.2. The Morgan fingerprint density at radius 1 is 1.47 bits per heavy atom. The lowest BCUT2D eigenvalue weighted by Gasteiger charge is -2.53. The largest absolute Gasteiger partial charge is 0.461 e. The van der Waals surface area contributed by atoms with Crippen LogP contribution in [0.2, 0.25) is 0 Å². The van der Waals surface area contributed by atoms with Gasteiger partial charge in [-0.3, -0.25) is 4.79 Å². The highest BCUT2D eigenvalue weighted by Gasteiger charge is 2.60. The Kier molecular flexibility index (Phi) is 2.97. The van der Waals surface area contributed by atoms with Crippen molar-refractivity contribution >= 4 is 12.3 Å². The van der Waals surface area contributed by atoms with Gasteiger partial charge in [0.1, 0.15) is 12.4 Å². The van der Waals surface area contributed by atoms with Gasteiger partial charge < -0.3 is 14.6 Å². The molecule has 0 aromatic heterocycles. The van der Waals surface area contributed by atoms with Crippen molar-refractivity contribution in [2.75, 3.05) is 0 Å². The average Bonchev–Trinajstić information content (AvgIpc) is 2.64. The van der Waals surface area contributed by atoms with E-state index in [1.165, 1.54) is 0 Å². The number of aliphatic hydroxyl groups is 1. The summed E-state index contributed by atoms with van der Waals surface area (Å²) in [6, 6.07) is 0. The minimum Gasteiger partial charge on any atom is -0.461 e. The van der Waals surface area contributed by atoms with E-state index < -0.39 is 6.10 Å². The van der Waals surface area contributed by atoms with Crippen molar-refractivity contribution in [1.82, 2.24) is 0 Å². The Labute approximate surface area is 113 Å². The maximum Gasteiger partial charge on any atom is 0.309 e. The number of hydrogen-bond acceptors (Lipinski definition) is 4. The Bertz CT molecular complexity index is 407. The fraction of sp³-hybridized carbons (Fsp3) is 0.867. The normalized spacial score (nSPS) is 53.1. The van der Waals surface area contributed by atoms with E-state index in [-0.39, 0.29) is 41.2 Å². The molecule has 0 aromatic carbocycles. The molecule has 0 radical (unpaired) electrons. The molecule has 3 fully saturated rings. The smallest absolute Gasteiger partial charge is 0.309 e. The van der Waals surface area contributed by atoms with E-state index in [4.69, 9.17) is 4.74 Å². The van der Waals surface area contributed by atoms with Gasteiger partial charge in [0.05, 0.1) is 12.0 Å². The van der Waals surface area contributed by atoms with Gasteiger partial charge >= 0.3 is 5.97 Å². The van der Waals surface area contributed by atoms with Crippen LogP contribution in [0, 0.1) is 29.1 Å². The summed E-state index contributed by atoms with van der Waals surface area (Å²) in [6.45, 7) is 3.97. The molecule has 0 bridgehead atoms. The van der Waals surface area contributed by atoms with Crippen molar-refractivity contribution in [3.05, 3.63) is 0 Å². The van der Waals surface area contributed by atoms with Crippen LogP contribution < -0.4 is 0 Å². The van der Waals surface area contributed by atoms with Gasteiger partial charge in [0.2, 0.25) is 0 Å². The van der Waals surface area contributed by atoms with Crippen LogP contribution in [0.5, 0.6) is 0 Å². The Balaban J connectivity index is 1.99. The molecule has 1 N–H and O–H groups in total. The van der Waals surface area contributed by atoms with E-state index in [2.05, 4.69) is 6.92 Å². The molecule has 0 amide bonds.